The summed E-state index contributed by atoms with van der Waals surface area (Å²) in [7, 11) is 0. The van der Waals surface area contributed by atoms with Crippen LogP contribution in [0.4, 0.5) is 10.1 Å². The minimum absolute atomic E-state index is 0.276. The van der Waals surface area contributed by atoms with Gasteiger partial charge in [0.25, 0.3) is 5.91 Å². The number of para-hydroxylation sites is 1. The van der Waals surface area contributed by atoms with E-state index in [1.807, 2.05) is 25.1 Å². The van der Waals surface area contributed by atoms with Crippen LogP contribution in [0.5, 0.6) is 0 Å². The first-order chi connectivity index (χ1) is 10.1. The van der Waals surface area contributed by atoms with Gasteiger partial charge in [-0.2, -0.15) is 0 Å². The highest BCUT2D eigenvalue weighted by molar-refractivity contribution is 6.12. The number of hydrogen-bond acceptors (Lipinski definition) is 2. The van der Waals surface area contributed by atoms with Crippen LogP contribution in [0.2, 0.25) is 0 Å². The predicted octanol–water partition coefficient (Wildman–Crippen LogP) is 3.93. The lowest BCUT2D eigenvalue weighted by atomic mass is 10.1. The number of aryl methyl sites for hydroxylation is 1. The number of pyridine rings is 1. The van der Waals surface area contributed by atoms with Gasteiger partial charge in [0.15, 0.2) is 0 Å². The molecule has 3 aromatic rings. The van der Waals surface area contributed by atoms with Gasteiger partial charge < -0.3 is 5.32 Å². The molecule has 0 saturated heterocycles. The molecule has 1 N–H and O–H groups in total. The van der Waals surface area contributed by atoms with Gasteiger partial charge in [-0.3, -0.25) is 9.78 Å². The van der Waals surface area contributed by atoms with Crippen LogP contribution in [-0.2, 0) is 0 Å². The van der Waals surface area contributed by atoms with E-state index >= 15 is 0 Å². The van der Waals surface area contributed by atoms with Crippen LogP contribution in [0.3, 0.4) is 0 Å². The molecular weight excluding hydrogens is 267 g/mol. The van der Waals surface area contributed by atoms with E-state index in [-0.39, 0.29) is 11.7 Å². The fraction of sp³-hybridized carbons (Fsp3) is 0.0588. The molecule has 0 aliphatic rings. The van der Waals surface area contributed by atoms with Gasteiger partial charge in [-0.15, -0.1) is 0 Å². The van der Waals surface area contributed by atoms with Crippen molar-refractivity contribution in [3.05, 3.63) is 71.7 Å². The van der Waals surface area contributed by atoms with Crippen LogP contribution in [0.25, 0.3) is 10.9 Å². The molecule has 0 radical (unpaired) electrons. The summed E-state index contributed by atoms with van der Waals surface area (Å²) in [5.41, 5.74) is 2.43. The number of carbonyl (C=O) groups excluding carboxylic acids is 1. The Balaban J connectivity index is 2.06. The highest BCUT2D eigenvalue weighted by Gasteiger charge is 2.13. The highest BCUT2D eigenvalue weighted by atomic mass is 19.1. The number of nitrogens with one attached hydrogen (secondary N) is 1. The molecule has 4 heteroatoms. The van der Waals surface area contributed by atoms with Gasteiger partial charge >= 0.3 is 0 Å². The minimum atomic E-state index is -0.387. The normalized spacial score (nSPS) is 10.6. The van der Waals surface area contributed by atoms with Crippen molar-refractivity contribution in [2.45, 2.75) is 6.92 Å². The monoisotopic (exact) mass is 280 g/mol. The maximum atomic E-state index is 13.4. The molecule has 0 spiro atoms. The number of aromatic nitrogens is 1. The lowest BCUT2D eigenvalue weighted by molar-refractivity contribution is 0.102. The second kappa shape index (κ2) is 5.32. The average Bonchev–Trinajstić information content (AvgIpc) is 2.48. The zero-order valence-corrected chi connectivity index (χ0v) is 11.4. The first kappa shape index (κ1) is 13.2. The Hall–Kier alpha value is -2.75. The number of hydrogen-bond donors (Lipinski definition) is 1. The van der Waals surface area contributed by atoms with Crippen molar-refractivity contribution in [1.29, 1.82) is 0 Å². The van der Waals surface area contributed by atoms with Crippen LogP contribution in [0.1, 0.15) is 16.1 Å². The van der Waals surface area contributed by atoms with Crippen LogP contribution in [0.15, 0.2) is 54.6 Å². The minimum Gasteiger partial charge on any atom is -0.322 e. The van der Waals surface area contributed by atoms with Gasteiger partial charge in [0, 0.05) is 16.8 Å². The van der Waals surface area contributed by atoms with Gasteiger partial charge in [0.2, 0.25) is 0 Å². The largest absolute Gasteiger partial charge is 0.322 e. The number of anilines is 1. The van der Waals surface area contributed by atoms with E-state index in [1.54, 1.807) is 24.3 Å². The number of benzene rings is 2. The molecule has 0 aliphatic carbocycles. The van der Waals surface area contributed by atoms with Gasteiger partial charge in [0.1, 0.15) is 5.82 Å². The summed E-state index contributed by atoms with van der Waals surface area (Å²) in [5, 5.41) is 3.32. The second-order valence-electron chi connectivity index (χ2n) is 4.79. The van der Waals surface area contributed by atoms with E-state index in [9.17, 15) is 9.18 Å². The molecule has 3 nitrogen and oxygen atoms in total. The number of fused-ring (bicyclic) bond motifs is 1. The maximum absolute atomic E-state index is 13.4. The molecule has 1 aromatic heterocycles. The molecule has 21 heavy (non-hydrogen) atoms. The number of carbonyl (C=O) groups is 1. The highest BCUT2D eigenvalue weighted by Crippen LogP contribution is 2.21. The molecule has 0 bridgehead atoms. The van der Waals surface area contributed by atoms with E-state index in [1.165, 1.54) is 12.1 Å². The Morgan fingerprint density at radius 2 is 1.86 bits per heavy atom. The Morgan fingerprint density at radius 1 is 1.10 bits per heavy atom. The van der Waals surface area contributed by atoms with E-state index in [0.717, 1.165) is 0 Å². The first-order valence-electron chi connectivity index (χ1n) is 6.57. The van der Waals surface area contributed by atoms with Crippen LogP contribution in [-0.4, -0.2) is 10.9 Å². The van der Waals surface area contributed by atoms with Gasteiger partial charge in [0.05, 0.1) is 11.1 Å². The third-order valence-electron chi connectivity index (χ3n) is 3.18. The first-order valence-corrected chi connectivity index (χ1v) is 6.57. The number of halogens is 1. The summed E-state index contributed by atoms with van der Waals surface area (Å²) in [6.07, 6.45) is 0. The predicted molar refractivity (Wildman–Crippen MR) is 80.8 cm³/mol. The summed E-state index contributed by atoms with van der Waals surface area (Å²) >= 11 is 0. The molecule has 0 aliphatic heterocycles. The van der Waals surface area contributed by atoms with E-state index in [4.69, 9.17) is 0 Å². The molecule has 104 valence electrons. The molecular formula is C17H13FN2O. The molecule has 0 unspecified atom stereocenters. The van der Waals surface area contributed by atoms with Crippen molar-refractivity contribution in [3.8, 4) is 0 Å². The fourth-order valence-electron chi connectivity index (χ4n) is 2.24. The van der Waals surface area contributed by atoms with Crippen molar-refractivity contribution in [3.63, 3.8) is 0 Å². The van der Waals surface area contributed by atoms with Crippen LogP contribution >= 0.6 is 0 Å². The quantitative estimate of drug-likeness (QED) is 0.772. The van der Waals surface area contributed by atoms with E-state index in [2.05, 4.69) is 10.3 Å². The summed E-state index contributed by atoms with van der Waals surface area (Å²) < 4.78 is 13.4. The average molecular weight is 280 g/mol. The van der Waals surface area contributed by atoms with Gasteiger partial charge in [-0.25, -0.2) is 4.39 Å². The van der Waals surface area contributed by atoms with Crippen molar-refractivity contribution in [1.82, 2.24) is 4.98 Å². The number of amides is 1. The molecule has 2 aromatic carbocycles. The van der Waals surface area contributed by atoms with E-state index in [0.29, 0.717) is 27.8 Å². The third-order valence-corrected chi connectivity index (χ3v) is 3.18. The molecule has 1 amide bonds. The summed E-state index contributed by atoms with van der Waals surface area (Å²) in [5.74, 6) is -0.663. The molecule has 0 atom stereocenters. The standard InChI is InChI=1S/C17H13FN2O/c1-11-9-15(14-10-12(18)7-8-16(14)19-11)17(21)20-13-5-3-2-4-6-13/h2-10H,1H3,(H,20,21). The molecule has 1 heterocycles. The van der Waals surface area contributed by atoms with Gasteiger partial charge in [-0.1, -0.05) is 18.2 Å². The third kappa shape index (κ3) is 2.74. The lowest BCUT2D eigenvalue weighted by Gasteiger charge is -2.09. The van der Waals surface area contributed by atoms with Crippen molar-refractivity contribution < 1.29 is 9.18 Å². The Labute approximate surface area is 121 Å². The number of nitrogens with zero attached hydrogens (tertiary/aromatic N) is 1. The zero-order valence-electron chi connectivity index (χ0n) is 11.4. The Morgan fingerprint density at radius 3 is 2.62 bits per heavy atom. The summed E-state index contributed by atoms with van der Waals surface area (Å²) in [6, 6.07) is 15.1. The summed E-state index contributed by atoms with van der Waals surface area (Å²) in [6.45, 7) is 1.81. The topological polar surface area (TPSA) is 42.0 Å². The lowest BCUT2D eigenvalue weighted by Crippen LogP contribution is -2.13. The molecule has 3 rings (SSSR count). The smallest absolute Gasteiger partial charge is 0.256 e. The summed E-state index contributed by atoms with van der Waals surface area (Å²) in [4.78, 5) is 16.8. The van der Waals surface area contributed by atoms with Crippen molar-refractivity contribution in [2.24, 2.45) is 0 Å². The van der Waals surface area contributed by atoms with Gasteiger partial charge in [-0.05, 0) is 43.3 Å². The van der Waals surface area contributed by atoms with E-state index < -0.39 is 0 Å². The molecule has 0 fully saturated rings. The van der Waals surface area contributed by atoms with Crippen molar-refractivity contribution >= 4 is 22.5 Å². The van der Waals surface area contributed by atoms with Crippen molar-refractivity contribution in [2.75, 3.05) is 5.32 Å². The SMILES string of the molecule is Cc1cc(C(=O)Nc2ccccc2)c2cc(F)ccc2n1. The Kier molecular flexibility index (Phi) is 3.36. The van der Waals surface area contributed by atoms with Crippen LogP contribution in [0, 0.1) is 12.7 Å². The second-order valence-corrected chi connectivity index (χ2v) is 4.79. The Bertz CT molecular complexity index is 816. The fourth-order valence-corrected chi connectivity index (χ4v) is 2.24. The van der Waals surface area contributed by atoms with Crippen LogP contribution < -0.4 is 5.32 Å². The molecule has 0 saturated carbocycles. The zero-order chi connectivity index (χ0) is 14.8. The number of rotatable bonds is 2. The maximum Gasteiger partial charge on any atom is 0.256 e.